The van der Waals surface area contributed by atoms with Crippen LogP contribution in [0.15, 0.2) is 36.4 Å². The lowest BCUT2D eigenvalue weighted by molar-refractivity contribution is -0.144. The highest BCUT2D eigenvalue weighted by atomic mass is 35.5. The minimum atomic E-state index is -0.813. The van der Waals surface area contributed by atoms with Crippen LogP contribution in [0.25, 0.3) is 0 Å². The molecule has 0 radical (unpaired) electrons. The van der Waals surface area contributed by atoms with Crippen LogP contribution in [0.2, 0.25) is 10.0 Å². The summed E-state index contributed by atoms with van der Waals surface area (Å²) in [6.45, 7) is 6.51. The molecule has 2 aliphatic rings. The van der Waals surface area contributed by atoms with Crippen molar-refractivity contribution in [3.05, 3.63) is 63.4 Å². The molecule has 1 atom stereocenters. The molecule has 2 aromatic carbocycles. The predicted octanol–water partition coefficient (Wildman–Crippen LogP) is 6.11. The minimum absolute atomic E-state index is 0. The van der Waals surface area contributed by atoms with Crippen LogP contribution < -0.4 is 4.74 Å². The highest BCUT2D eigenvalue weighted by Gasteiger charge is 2.31. The molecular weight excluding hydrogens is 526 g/mol. The van der Waals surface area contributed by atoms with Gasteiger partial charge in [-0.05, 0) is 87.9 Å². The first-order chi connectivity index (χ1) is 16.8. The van der Waals surface area contributed by atoms with Crippen molar-refractivity contribution >= 4 is 41.6 Å². The maximum Gasteiger partial charge on any atom is 0.321 e. The van der Waals surface area contributed by atoms with Crippen molar-refractivity contribution in [2.75, 3.05) is 32.7 Å². The number of hydrogen-bond acceptors (Lipinski definition) is 4. The molecule has 0 aliphatic carbocycles. The second-order valence-corrected chi connectivity index (χ2v) is 10.6. The molecule has 4 rings (SSSR count). The van der Waals surface area contributed by atoms with E-state index in [0.717, 1.165) is 75.3 Å². The van der Waals surface area contributed by atoms with Gasteiger partial charge in [-0.15, -0.1) is 12.4 Å². The number of carbonyl (C=O) groups is 1. The van der Waals surface area contributed by atoms with Gasteiger partial charge in [0.05, 0.1) is 10.0 Å². The summed E-state index contributed by atoms with van der Waals surface area (Å²) < 4.78 is 19.4. The van der Waals surface area contributed by atoms with E-state index in [9.17, 15) is 14.3 Å². The van der Waals surface area contributed by atoms with Crippen LogP contribution >= 0.6 is 35.6 Å². The highest BCUT2D eigenvalue weighted by Crippen LogP contribution is 2.33. The van der Waals surface area contributed by atoms with Crippen molar-refractivity contribution in [2.45, 2.75) is 51.2 Å². The first-order valence-corrected chi connectivity index (χ1v) is 13.1. The zero-order chi connectivity index (χ0) is 24.9. The third-order valence-electron chi connectivity index (χ3n) is 7.35. The van der Waals surface area contributed by atoms with Gasteiger partial charge in [-0.25, -0.2) is 4.39 Å². The third-order valence-corrected chi connectivity index (χ3v) is 8.25. The van der Waals surface area contributed by atoms with Crippen molar-refractivity contribution in [3.63, 3.8) is 0 Å². The first-order valence-electron chi connectivity index (χ1n) is 12.3. The molecule has 0 aromatic heterocycles. The molecule has 2 aliphatic heterocycles. The number of nitrogens with zero attached hydrogens (tertiary/aromatic N) is 2. The highest BCUT2D eigenvalue weighted by molar-refractivity contribution is 6.42. The summed E-state index contributed by atoms with van der Waals surface area (Å²) in [5, 5.41) is 10.9. The number of hydrogen-bond donors (Lipinski definition) is 1. The quantitative estimate of drug-likeness (QED) is 0.423. The molecule has 5 nitrogen and oxygen atoms in total. The summed E-state index contributed by atoms with van der Waals surface area (Å²) in [6.07, 6.45) is 4.49. The molecule has 0 spiro atoms. The van der Waals surface area contributed by atoms with Crippen LogP contribution in [0.3, 0.4) is 0 Å². The number of piperidine rings is 2. The van der Waals surface area contributed by atoms with Gasteiger partial charge in [-0.1, -0.05) is 35.3 Å². The Hall–Kier alpha value is -1.57. The fourth-order valence-electron chi connectivity index (χ4n) is 5.18. The zero-order valence-electron chi connectivity index (χ0n) is 20.5. The average Bonchev–Trinajstić information content (AvgIpc) is 2.85. The monoisotopic (exact) mass is 558 g/mol. The third kappa shape index (κ3) is 7.48. The van der Waals surface area contributed by atoms with Crippen molar-refractivity contribution in [1.29, 1.82) is 0 Å². The Morgan fingerprint density at radius 2 is 1.69 bits per heavy atom. The van der Waals surface area contributed by atoms with Crippen LogP contribution in [0.5, 0.6) is 5.75 Å². The van der Waals surface area contributed by atoms with Gasteiger partial charge in [-0.2, -0.15) is 0 Å². The lowest BCUT2D eigenvalue weighted by atomic mass is 9.93. The van der Waals surface area contributed by atoms with E-state index in [1.807, 2.05) is 13.0 Å². The van der Waals surface area contributed by atoms with E-state index in [1.165, 1.54) is 12.1 Å². The van der Waals surface area contributed by atoms with Crippen LogP contribution in [0.1, 0.15) is 36.8 Å². The van der Waals surface area contributed by atoms with Crippen LogP contribution in [-0.4, -0.2) is 65.7 Å². The van der Waals surface area contributed by atoms with Gasteiger partial charge in [0.1, 0.15) is 23.7 Å². The summed E-state index contributed by atoms with van der Waals surface area (Å²) in [5.41, 5.74) is 1.73. The molecule has 2 aromatic rings. The Morgan fingerprint density at radius 3 is 2.31 bits per heavy atom. The number of likely N-dealkylation sites (tertiary alicyclic amines) is 2. The van der Waals surface area contributed by atoms with Gasteiger partial charge >= 0.3 is 5.97 Å². The zero-order valence-corrected chi connectivity index (χ0v) is 22.8. The van der Waals surface area contributed by atoms with Gasteiger partial charge < -0.3 is 14.7 Å². The Morgan fingerprint density at radius 1 is 1.06 bits per heavy atom. The molecule has 0 amide bonds. The number of aliphatic carboxylic acids is 1. The van der Waals surface area contributed by atoms with E-state index in [-0.39, 0.29) is 24.3 Å². The second kappa shape index (κ2) is 13.3. The molecule has 0 bridgehead atoms. The van der Waals surface area contributed by atoms with E-state index in [2.05, 4.69) is 9.80 Å². The molecule has 9 heteroatoms. The van der Waals surface area contributed by atoms with Crippen molar-refractivity contribution in [3.8, 4) is 5.75 Å². The summed E-state index contributed by atoms with van der Waals surface area (Å²) in [5.74, 6) is 0.258. The Balaban J connectivity index is 0.00000361. The average molecular weight is 560 g/mol. The van der Waals surface area contributed by atoms with Crippen LogP contribution in [-0.2, 0) is 11.2 Å². The van der Waals surface area contributed by atoms with Crippen molar-refractivity contribution in [1.82, 2.24) is 9.80 Å². The number of rotatable bonds is 8. The fourth-order valence-corrected chi connectivity index (χ4v) is 5.54. The molecule has 1 N–H and O–H groups in total. The predicted molar refractivity (Wildman–Crippen MR) is 144 cm³/mol. The maximum atomic E-state index is 13.2. The number of carboxylic acids is 1. The maximum absolute atomic E-state index is 13.2. The molecule has 2 heterocycles. The lowest BCUT2D eigenvalue weighted by Gasteiger charge is -2.39. The van der Waals surface area contributed by atoms with Gasteiger partial charge in [0, 0.05) is 25.2 Å². The first kappa shape index (κ1) is 29.0. The molecule has 2 saturated heterocycles. The smallest absolute Gasteiger partial charge is 0.321 e. The van der Waals surface area contributed by atoms with E-state index in [0.29, 0.717) is 22.4 Å². The molecule has 0 unspecified atom stereocenters. The van der Waals surface area contributed by atoms with E-state index in [4.69, 9.17) is 27.9 Å². The number of carboxylic acid groups (broad SMARTS) is 1. The van der Waals surface area contributed by atoms with E-state index < -0.39 is 12.0 Å². The van der Waals surface area contributed by atoms with E-state index in [1.54, 1.807) is 18.2 Å². The van der Waals surface area contributed by atoms with Gasteiger partial charge in [0.2, 0.25) is 0 Å². The SMILES string of the molecule is Cc1c(OC2CCN(CC3CCN([C@@H](Cc4ccc(F)cc4)C(=O)O)CC3)CC2)ccc(Cl)c1Cl.Cl. The standard InChI is InChI=1S/C27H33Cl2FN2O3.ClH/c1-18-25(7-6-23(28)26(18)29)35-22-10-12-31(13-11-22)17-20-8-14-32(15-9-20)24(27(33)34)16-19-2-4-21(30)5-3-19;/h2-7,20,22,24H,8-17H2,1H3,(H,33,34);1H/t24-;/m0./s1. The van der Waals surface area contributed by atoms with E-state index >= 15 is 0 Å². The van der Waals surface area contributed by atoms with Crippen LogP contribution in [0.4, 0.5) is 4.39 Å². The van der Waals surface area contributed by atoms with Gasteiger partial charge in [-0.3, -0.25) is 9.69 Å². The Labute approximate surface area is 228 Å². The summed E-state index contributed by atoms with van der Waals surface area (Å²) in [6, 6.07) is 9.23. The lowest BCUT2D eigenvalue weighted by Crippen LogP contribution is -2.48. The summed E-state index contributed by atoms with van der Waals surface area (Å²) >= 11 is 12.3. The number of halogens is 4. The second-order valence-electron chi connectivity index (χ2n) is 9.77. The summed E-state index contributed by atoms with van der Waals surface area (Å²) in [7, 11) is 0. The number of ether oxygens (including phenoxy) is 1. The van der Waals surface area contributed by atoms with Crippen molar-refractivity contribution < 1.29 is 19.0 Å². The van der Waals surface area contributed by atoms with Gasteiger partial charge in [0.25, 0.3) is 0 Å². The molecule has 36 heavy (non-hydrogen) atoms. The Bertz CT molecular complexity index is 1010. The molecule has 2 fully saturated rings. The fraction of sp³-hybridized carbons (Fsp3) is 0.519. The summed E-state index contributed by atoms with van der Waals surface area (Å²) in [4.78, 5) is 16.5. The van der Waals surface area contributed by atoms with Crippen molar-refractivity contribution in [2.24, 2.45) is 5.92 Å². The largest absolute Gasteiger partial charge is 0.490 e. The normalized spacial score (nSPS) is 19.0. The van der Waals surface area contributed by atoms with Crippen LogP contribution in [0, 0.1) is 18.7 Å². The molecular formula is C27H34Cl3FN2O3. The Kier molecular flexibility index (Phi) is 10.7. The number of benzene rings is 2. The molecule has 198 valence electrons. The topological polar surface area (TPSA) is 53.0 Å². The minimum Gasteiger partial charge on any atom is -0.490 e. The van der Waals surface area contributed by atoms with Gasteiger partial charge in [0.15, 0.2) is 0 Å². The molecule has 0 saturated carbocycles.